The Morgan fingerprint density at radius 1 is 0.889 bits per heavy atom. The number of carbonyl (C=O) groups excluding carboxylic acids is 1. The van der Waals surface area contributed by atoms with E-state index in [0.29, 0.717) is 19.7 Å². The molecule has 6 heteroatoms. The van der Waals surface area contributed by atoms with Gasteiger partial charge in [-0.2, -0.15) is 0 Å². The van der Waals surface area contributed by atoms with E-state index in [1.807, 2.05) is 41.3 Å². The first-order valence-electron chi connectivity index (χ1n) is 12.9. The number of ether oxygens (including phenoxy) is 1. The molecular formula is C30H35N3O3. The van der Waals surface area contributed by atoms with Crippen LogP contribution in [0.4, 0.5) is 0 Å². The van der Waals surface area contributed by atoms with Crippen molar-refractivity contribution >= 4 is 5.91 Å². The average molecular weight is 486 g/mol. The minimum atomic E-state index is 0.0377. The number of aryl methyl sites for hydroxylation is 1. The number of hydrogen-bond donors (Lipinski definition) is 1. The second kappa shape index (κ2) is 11.2. The van der Waals surface area contributed by atoms with E-state index in [9.17, 15) is 9.90 Å². The molecule has 1 fully saturated rings. The van der Waals surface area contributed by atoms with E-state index in [1.54, 1.807) is 0 Å². The van der Waals surface area contributed by atoms with Gasteiger partial charge < -0.3 is 14.7 Å². The fourth-order valence-corrected chi connectivity index (χ4v) is 5.24. The largest absolute Gasteiger partial charge is 0.491 e. The van der Waals surface area contributed by atoms with E-state index >= 15 is 0 Å². The number of β-amino-alcohol motifs (C(OH)–C–C–N with tert-alkyl or cyclic N) is 1. The van der Waals surface area contributed by atoms with E-state index in [1.165, 1.54) is 5.56 Å². The molecule has 2 aliphatic heterocycles. The number of amides is 1. The summed E-state index contributed by atoms with van der Waals surface area (Å²) >= 11 is 0. The fraction of sp³-hybridized carbons (Fsp3) is 0.367. The Kier molecular flexibility index (Phi) is 7.66. The van der Waals surface area contributed by atoms with Gasteiger partial charge in [-0.15, -0.1) is 0 Å². The molecule has 0 spiro atoms. The average Bonchev–Trinajstić information content (AvgIpc) is 3.12. The van der Waals surface area contributed by atoms with Crippen LogP contribution in [0.5, 0.6) is 5.75 Å². The second-order valence-corrected chi connectivity index (χ2v) is 9.72. The van der Waals surface area contributed by atoms with Crippen LogP contribution in [0.3, 0.4) is 0 Å². The summed E-state index contributed by atoms with van der Waals surface area (Å²) in [6.07, 6.45) is 0. The van der Waals surface area contributed by atoms with E-state index in [2.05, 4.69) is 47.1 Å². The molecule has 1 saturated heterocycles. The summed E-state index contributed by atoms with van der Waals surface area (Å²) in [5.74, 6) is 0.907. The van der Waals surface area contributed by atoms with Gasteiger partial charge in [0.15, 0.2) is 0 Å². The van der Waals surface area contributed by atoms with E-state index in [4.69, 9.17) is 4.74 Å². The van der Waals surface area contributed by atoms with Crippen LogP contribution in [0.1, 0.15) is 27.0 Å². The number of aliphatic hydroxyl groups excluding tert-OH is 1. The van der Waals surface area contributed by atoms with Gasteiger partial charge in [0.05, 0.1) is 13.2 Å². The van der Waals surface area contributed by atoms with E-state index < -0.39 is 0 Å². The highest BCUT2D eigenvalue weighted by Gasteiger charge is 2.24. The molecule has 36 heavy (non-hydrogen) atoms. The lowest BCUT2D eigenvalue weighted by molar-refractivity contribution is 0.0734. The van der Waals surface area contributed by atoms with Crippen LogP contribution in [0.25, 0.3) is 11.1 Å². The molecule has 2 heterocycles. The molecule has 0 atom stereocenters. The van der Waals surface area contributed by atoms with Crippen LogP contribution in [0.2, 0.25) is 0 Å². The van der Waals surface area contributed by atoms with Crippen molar-refractivity contribution in [2.24, 2.45) is 0 Å². The van der Waals surface area contributed by atoms with Gasteiger partial charge in [-0.05, 0) is 47.4 Å². The summed E-state index contributed by atoms with van der Waals surface area (Å²) in [7, 11) is 0. The van der Waals surface area contributed by atoms with Crippen LogP contribution in [-0.2, 0) is 13.1 Å². The van der Waals surface area contributed by atoms with Gasteiger partial charge >= 0.3 is 0 Å². The lowest BCUT2D eigenvalue weighted by Gasteiger charge is -2.34. The molecule has 0 bridgehead atoms. The predicted molar refractivity (Wildman–Crippen MR) is 142 cm³/mol. The van der Waals surface area contributed by atoms with Gasteiger partial charge in [0.1, 0.15) is 12.4 Å². The topological polar surface area (TPSA) is 56.2 Å². The van der Waals surface area contributed by atoms with Crippen LogP contribution in [-0.4, -0.2) is 78.2 Å². The molecule has 0 unspecified atom stereocenters. The molecule has 6 nitrogen and oxygen atoms in total. The fourth-order valence-electron chi connectivity index (χ4n) is 5.24. The quantitative estimate of drug-likeness (QED) is 0.576. The molecule has 3 aromatic carbocycles. The molecule has 0 radical (unpaired) electrons. The van der Waals surface area contributed by atoms with Gasteiger partial charge in [-0.1, -0.05) is 48.5 Å². The first-order valence-corrected chi connectivity index (χ1v) is 12.9. The van der Waals surface area contributed by atoms with Gasteiger partial charge in [0.25, 0.3) is 5.91 Å². The number of aliphatic hydroxyl groups is 1. The third-order valence-corrected chi connectivity index (χ3v) is 7.27. The number of piperazine rings is 1. The standard InChI is InChI=1S/C30H35N3O3/c1-23-6-2-3-7-26(23)27-8-4-5-9-28(27)30(35)33-17-19-36-29-11-10-24(20-25(29)22-33)21-32-14-12-31(13-15-32)16-18-34/h2-11,20,34H,12-19,21-22H2,1H3. The smallest absolute Gasteiger partial charge is 0.254 e. The normalized spacial score (nSPS) is 16.8. The monoisotopic (exact) mass is 485 g/mol. The highest BCUT2D eigenvalue weighted by atomic mass is 16.5. The summed E-state index contributed by atoms with van der Waals surface area (Å²) in [4.78, 5) is 20.5. The summed E-state index contributed by atoms with van der Waals surface area (Å²) in [6, 6.07) is 22.5. The number of carbonyl (C=O) groups is 1. The third kappa shape index (κ3) is 5.46. The zero-order valence-corrected chi connectivity index (χ0v) is 21.0. The van der Waals surface area contributed by atoms with Crippen molar-refractivity contribution in [1.82, 2.24) is 14.7 Å². The Labute approximate surface area is 213 Å². The lowest BCUT2D eigenvalue weighted by Crippen LogP contribution is -2.46. The Morgan fingerprint density at radius 2 is 1.61 bits per heavy atom. The van der Waals surface area contributed by atoms with E-state index in [0.717, 1.165) is 72.8 Å². The molecule has 0 saturated carbocycles. The Balaban J connectivity index is 1.33. The van der Waals surface area contributed by atoms with Crippen LogP contribution in [0, 0.1) is 6.92 Å². The van der Waals surface area contributed by atoms with Crippen LogP contribution < -0.4 is 4.74 Å². The second-order valence-electron chi connectivity index (χ2n) is 9.72. The summed E-state index contributed by atoms with van der Waals surface area (Å²) in [6.45, 7) is 9.46. The lowest BCUT2D eigenvalue weighted by atomic mass is 9.95. The highest BCUT2D eigenvalue weighted by Crippen LogP contribution is 2.30. The number of fused-ring (bicyclic) bond motifs is 1. The van der Waals surface area contributed by atoms with Crippen molar-refractivity contribution in [1.29, 1.82) is 0 Å². The molecule has 2 aliphatic rings. The number of benzene rings is 3. The van der Waals surface area contributed by atoms with Crippen molar-refractivity contribution in [3.8, 4) is 16.9 Å². The molecule has 5 rings (SSSR count). The first-order chi connectivity index (χ1) is 17.6. The predicted octanol–water partition coefficient (Wildman–Crippen LogP) is 3.81. The van der Waals surface area contributed by atoms with Crippen molar-refractivity contribution < 1.29 is 14.6 Å². The van der Waals surface area contributed by atoms with Crippen LogP contribution >= 0.6 is 0 Å². The minimum absolute atomic E-state index is 0.0377. The molecule has 1 N–H and O–H groups in total. The maximum atomic E-state index is 13.8. The maximum Gasteiger partial charge on any atom is 0.254 e. The molecule has 188 valence electrons. The SMILES string of the molecule is Cc1ccccc1-c1ccccc1C(=O)N1CCOc2ccc(CN3CCN(CCO)CC3)cc2C1. The van der Waals surface area contributed by atoms with Gasteiger partial charge in [-0.25, -0.2) is 0 Å². The first kappa shape index (κ1) is 24.5. The van der Waals surface area contributed by atoms with Crippen molar-refractivity contribution in [3.63, 3.8) is 0 Å². The Hall–Kier alpha value is -3.19. The van der Waals surface area contributed by atoms with Crippen molar-refractivity contribution in [3.05, 3.63) is 89.0 Å². The summed E-state index contributed by atoms with van der Waals surface area (Å²) < 4.78 is 6.05. The number of hydrogen-bond acceptors (Lipinski definition) is 5. The molecule has 0 aliphatic carbocycles. The number of rotatable bonds is 6. The molecule has 0 aromatic heterocycles. The molecule has 3 aromatic rings. The Bertz CT molecular complexity index is 1200. The molecule has 1 amide bonds. The summed E-state index contributed by atoms with van der Waals surface area (Å²) in [5.41, 5.74) is 6.25. The summed E-state index contributed by atoms with van der Waals surface area (Å²) in [5, 5.41) is 9.18. The van der Waals surface area contributed by atoms with Gasteiger partial charge in [-0.3, -0.25) is 14.6 Å². The van der Waals surface area contributed by atoms with Gasteiger partial charge in [0, 0.05) is 56.9 Å². The highest BCUT2D eigenvalue weighted by molar-refractivity contribution is 6.01. The molecular weight excluding hydrogens is 450 g/mol. The zero-order chi connectivity index (χ0) is 24.9. The van der Waals surface area contributed by atoms with Crippen molar-refractivity contribution in [2.75, 3.05) is 52.5 Å². The minimum Gasteiger partial charge on any atom is -0.491 e. The zero-order valence-electron chi connectivity index (χ0n) is 21.0. The van der Waals surface area contributed by atoms with E-state index in [-0.39, 0.29) is 12.5 Å². The van der Waals surface area contributed by atoms with Crippen molar-refractivity contribution in [2.45, 2.75) is 20.0 Å². The van der Waals surface area contributed by atoms with Gasteiger partial charge in [0.2, 0.25) is 0 Å². The Morgan fingerprint density at radius 3 is 2.39 bits per heavy atom. The van der Waals surface area contributed by atoms with Crippen LogP contribution in [0.15, 0.2) is 66.7 Å². The third-order valence-electron chi connectivity index (χ3n) is 7.27. The number of nitrogens with zero attached hydrogens (tertiary/aromatic N) is 3. The maximum absolute atomic E-state index is 13.8.